The van der Waals surface area contributed by atoms with Gasteiger partial charge < -0.3 is 19.9 Å². The maximum absolute atomic E-state index is 13.0. The number of benzene rings is 3. The fourth-order valence-electron chi connectivity index (χ4n) is 3.27. The lowest BCUT2D eigenvalue weighted by Crippen LogP contribution is -2.12. The SMILES string of the molecule is CCOc1ccc(NC(=O)c2cn(Cc3ccc(NC(=O)c4ccc(F)cc4)cc3)cn2)cc1. The van der Waals surface area contributed by atoms with Crippen LogP contribution in [-0.2, 0) is 6.54 Å². The predicted octanol–water partition coefficient (Wildman–Crippen LogP) is 4.97. The summed E-state index contributed by atoms with van der Waals surface area (Å²) in [6.07, 6.45) is 3.27. The van der Waals surface area contributed by atoms with E-state index in [1.807, 2.05) is 19.1 Å². The smallest absolute Gasteiger partial charge is 0.275 e. The number of hydrogen-bond donors (Lipinski definition) is 2. The average Bonchev–Trinajstić information content (AvgIpc) is 3.31. The minimum atomic E-state index is -0.391. The Morgan fingerprint density at radius 2 is 1.50 bits per heavy atom. The van der Waals surface area contributed by atoms with Gasteiger partial charge in [-0.15, -0.1) is 0 Å². The van der Waals surface area contributed by atoms with Gasteiger partial charge in [-0.3, -0.25) is 9.59 Å². The summed E-state index contributed by atoms with van der Waals surface area (Å²) in [5.74, 6) is -0.268. The maximum atomic E-state index is 13.0. The van der Waals surface area contributed by atoms with E-state index in [0.717, 1.165) is 11.3 Å². The van der Waals surface area contributed by atoms with Crippen molar-refractivity contribution in [2.75, 3.05) is 17.2 Å². The third kappa shape index (κ3) is 5.86. The molecule has 4 rings (SSSR count). The first kappa shape index (κ1) is 22.7. The van der Waals surface area contributed by atoms with Crippen LogP contribution in [0.25, 0.3) is 0 Å². The Labute approximate surface area is 196 Å². The van der Waals surface area contributed by atoms with Gasteiger partial charge in [0.1, 0.15) is 17.3 Å². The Bertz CT molecular complexity index is 1270. The minimum Gasteiger partial charge on any atom is -0.494 e. The van der Waals surface area contributed by atoms with Gasteiger partial charge in [0.05, 0.1) is 12.9 Å². The van der Waals surface area contributed by atoms with Crippen LogP contribution in [0.1, 0.15) is 33.3 Å². The van der Waals surface area contributed by atoms with Crippen molar-refractivity contribution in [3.63, 3.8) is 0 Å². The van der Waals surface area contributed by atoms with Gasteiger partial charge in [-0.2, -0.15) is 0 Å². The van der Waals surface area contributed by atoms with E-state index in [2.05, 4.69) is 15.6 Å². The molecule has 0 radical (unpaired) electrons. The van der Waals surface area contributed by atoms with Gasteiger partial charge in [-0.05, 0) is 73.2 Å². The summed E-state index contributed by atoms with van der Waals surface area (Å²) in [6.45, 7) is 3.00. The van der Waals surface area contributed by atoms with E-state index >= 15 is 0 Å². The molecule has 0 aliphatic carbocycles. The van der Waals surface area contributed by atoms with Crippen molar-refractivity contribution in [2.45, 2.75) is 13.5 Å². The molecule has 3 aromatic carbocycles. The highest BCUT2D eigenvalue weighted by Crippen LogP contribution is 2.17. The van der Waals surface area contributed by atoms with Gasteiger partial charge >= 0.3 is 0 Å². The van der Waals surface area contributed by atoms with Crippen LogP contribution in [0.3, 0.4) is 0 Å². The third-order valence-electron chi connectivity index (χ3n) is 4.97. The molecule has 0 saturated carbocycles. The van der Waals surface area contributed by atoms with Crippen molar-refractivity contribution in [1.29, 1.82) is 0 Å². The van der Waals surface area contributed by atoms with Crippen molar-refractivity contribution in [3.8, 4) is 5.75 Å². The van der Waals surface area contributed by atoms with E-state index in [1.54, 1.807) is 53.5 Å². The summed E-state index contributed by atoms with van der Waals surface area (Å²) >= 11 is 0. The molecule has 0 atom stereocenters. The van der Waals surface area contributed by atoms with Crippen LogP contribution < -0.4 is 15.4 Å². The van der Waals surface area contributed by atoms with Crippen LogP contribution in [0, 0.1) is 5.82 Å². The van der Waals surface area contributed by atoms with Gasteiger partial charge in [-0.1, -0.05) is 12.1 Å². The molecule has 8 heteroatoms. The van der Waals surface area contributed by atoms with Gasteiger partial charge in [-0.25, -0.2) is 9.37 Å². The monoisotopic (exact) mass is 458 g/mol. The molecular formula is C26H23FN4O3. The van der Waals surface area contributed by atoms with E-state index < -0.39 is 5.82 Å². The van der Waals surface area contributed by atoms with Crippen molar-refractivity contribution < 1.29 is 18.7 Å². The molecule has 2 N–H and O–H groups in total. The third-order valence-corrected chi connectivity index (χ3v) is 4.97. The van der Waals surface area contributed by atoms with Crippen molar-refractivity contribution in [2.24, 2.45) is 0 Å². The minimum absolute atomic E-state index is 0.303. The first-order valence-electron chi connectivity index (χ1n) is 10.7. The normalized spacial score (nSPS) is 10.5. The molecule has 0 saturated heterocycles. The standard InChI is InChI=1S/C26H23FN4O3/c1-2-34-23-13-11-22(12-14-23)30-26(33)24-16-31(17-28-24)15-18-3-9-21(10-4-18)29-25(32)19-5-7-20(27)8-6-19/h3-14,16-17H,2,15H2,1H3,(H,29,32)(H,30,33). The Balaban J connectivity index is 1.33. The molecule has 1 aromatic heterocycles. The summed E-state index contributed by atoms with van der Waals surface area (Å²) < 4.78 is 20.2. The number of carbonyl (C=O) groups is 2. The van der Waals surface area contributed by atoms with E-state index in [9.17, 15) is 14.0 Å². The number of aromatic nitrogens is 2. The fourth-order valence-corrected chi connectivity index (χ4v) is 3.27. The number of imidazole rings is 1. The Kier molecular flexibility index (Phi) is 6.98. The Hall–Kier alpha value is -4.46. The molecule has 0 aliphatic rings. The van der Waals surface area contributed by atoms with Gasteiger partial charge in [0, 0.05) is 29.7 Å². The predicted molar refractivity (Wildman–Crippen MR) is 128 cm³/mol. The van der Waals surface area contributed by atoms with Crippen LogP contribution in [-0.4, -0.2) is 28.0 Å². The lowest BCUT2D eigenvalue weighted by Gasteiger charge is -2.07. The zero-order chi connectivity index (χ0) is 23.9. The molecule has 0 bridgehead atoms. The second-order valence-electron chi connectivity index (χ2n) is 7.50. The van der Waals surface area contributed by atoms with Crippen molar-refractivity contribution in [3.05, 3.63) is 108 Å². The number of amides is 2. The number of halogens is 1. The molecule has 0 unspecified atom stereocenters. The second kappa shape index (κ2) is 10.4. The molecule has 7 nitrogen and oxygen atoms in total. The lowest BCUT2D eigenvalue weighted by molar-refractivity contribution is 0.101. The number of rotatable bonds is 8. The zero-order valence-electron chi connectivity index (χ0n) is 18.5. The van der Waals surface area contributed by atoms with Crippen molar-refractivity contribution in [1.82, 2.24) is 9.55 Å². The average molecular weight is 458 g/mol. The van der Waals surface area contributed by atoms with Gasteiger partial charge in [0.25, 0.3) is 11.8 Å². The lowest BCUT2D eigenvalue weighted by atomic mass is 10.1. The van der Waals surface area contributed by atoms with E-state index in [1.165, 1.54) is 24.3 Å². The zero-order valence-corrected chi connectivity index (χ0v) is 18.5. The molecule has 0 spiro atoms. The largest absolute Gasteiger partial charge is 0.494 e. The quantitative estimate of drug-likeness (QED) is 0.390. The van der Waals surface area contributed by atoms with Crippen LogP contribution in [0.4, 0.5) is 15.8 Å². The fraction of sp³-hybridized carbons (Fsp3) is 0.115. The first-order valence-corrected chi connectivity index (χ1v) is 10.7. The summed E-state index contributed by atoms with van der Waals surface area (Å²) in [5, 5.41) is 5.60. The highest BCUT2D eigenvalue weighted by Gasteiger charge is 2.11. The molecule has 2 amide bonds. The second-order valence-corrected chi connectivity index (χ2v) is 7.50. The highest BCUT2D eigenvalue weighted by molar-refractivity contribution is 6.04. The molecule has 34 heavy (non-hydrogen) atoms. The maximum Gasteiger partial charge on any atom is 0.275 e. The molecule has 172 valence electrons. The molecule has 0 fully saturated rings. The Morgan fingerprint density at radius 1 is 0.882 bits per heavy atom. The summed E-state index contributed by atoms with van der Waals surface area (Å²) in [5.41, 5.74) is 2.92. The topological polar surface area (TPSA) is 85.2 Å². The molecule has 1 heterocycles. The number of nitrogens with one attached hydrogen (secondary N) is 2. The Morgan fingerprint density at radius 3 is 2.15 bits per heavy atom. The number of carbonyl (C=O) groups excluding carboxylic acids is 2. The van der Waals surface area contributed by atoms with Crippen LogP contribution in [0.15, 0.2) is 85.3 Å². The molecule has 0 aliphatic heterocycles. The van der Waals surface area contributed by atoms with Crippen LogP contribution >= 0.6 is 0 Å². The number of ether oxygens (including phenoxy) is 1. The summed E-state index contributed by atoms with van der Waals surface area (Å²) in [6, 6.07) is 19.8. The number of anilines is 2. The number of nitrogens with zero attached hydrogens (tertiary/aromatic N) is 2. The van der Waals surface area contributed by atoms with Crippen LogP contribution in [0.2, 0.25) is 0 Å². The number of hydrogen-bond acceptors (Lipinski definition) is 4. The summed E-state index contributed by atoms with van der Waals surface area (Å²) in [4.78, 5) is 28.9. The first-order chi connectivity index (χ1) is 16.5. The molecular weight excluding hydrogens is 435 g/mol. The molecule has 4 aromatic rings. The van der Waals surface area contributed by atoms with E-state index in [-0.39, 0.29) is 11.8 Å². The highest BCUT2D eigenvalue weighted by atomic mass is 19.1. The van der Waals surface area contributed by atoms with Crippen molar-refractivity contribution >= 4 is 23.2 Å². The van der Waals surface area contributed by atoms with E-state index in [0.29, 0.717) is 35.8 Å². The summed E-state index contributed by atoms with van der Waals surface area (Å²) in [7, 11) is 0. The van der Waals surface area contributed by atoms with E-state index in [4.69, 9.17) is 4.74 Å². The van der Waals surface area contributed by atoms with Gasteiger partial charge in [0.15, 0.2) is 0 Å². The van der Waals surface area contributed by atoms with Gasteiger partial charge in [0.2, 0.25) is 0 Å². The van der Waals surface area contributed by atoms with Crippen LogP contribution in [0.5, 0.6) is 5.75 Å².